The number of nitrogens with one attached hydrogen (secondary N) is 2. The molecule has 128 valence electrons. The van der Waals surface area contributed by atoms with E-state index in [2.05, 4.69) is 21.9 Å². The molecule has 1 saturated heterocycles. The lowest BCUT2D eigenvalue weighted by Crippen LogP contribution is -2.44. The van der Waals surface area contributed by atoms with Crippen molar-refractivity contribution in [3.63, 3.8) is 0 Å². The Hall–Kier alpha value is -1.41. The molecule has 2 rings (SSSR count). The smallest absolute Gasteiger partial charge is 0.335 e. The standard InChI is InChI=1S/C15H20F3N3OS/c1-2-23-21-9-7-13(8-10-21)20-14(22)19-12-5-3-11(4-6-12)15(16,17)18/h3-6,13H,2,7-10H2,1H3,(H2,19,20,22). The summed E-state index contributed by atoms with van der Waals surface area (Å²) in [4.78, 5) is 11.9. The molecule has 8 heteroatoms. The fourth-order valence-electron chi connectivity index (χ4n) is 2.41. The maximum absolute atomic E-state index is 12.5. The van der Waals surface area contributed by atoms with Crippen LogP contribution in [0.2, 0.25) is 0 Å². The van der Waals surface area contributed by atoms with Crippen LogP contribution >= 0.6 is 11.9 Å². The molecule has 0 spiro atoms. The van der Waals surface area contributed by atoms with E-state index in [0.29, 0.717) is 5.69 Å². The van der Waals surface area contributed by atoms with Crippen LogP contribution in [0, 0.1) is 0 Å². The van der Waals surface area contributed by atoms with Crippen LogP contribution in [0.5, 0.6) is 0 Å². The SMILES string of the molecule is CCSN1CCC(NC(=O)Nc2ccc(C(F)(F)F)cc2)CC1. The van der Waals surface area contributed by atoms with Gasteiger partial charge >= 0.3 is 12.2 Å². The van der Waals surface area contributed by atoms with Gasteiger partial charge in [0.25, 0.3) is 0 Å². The number of alkyl halides is 3. The van der Waals surface area contributed by atoms with Crippen LogP contribution in [0.25, 0.3) is 0 Å². The van der Waals surface area contributed by atoms with Gasteiger partial charge in [0.05, 0.1) is 5.56 Å². The van der Waals surface area contributed by atoms with Gasteiger partial charge in [-0.3, -0.25) is 4.31 Å². The summed E-state index contributed by atoms with van der Waals surface area (Å²) in [6, 6.07) is 4.13. The van der Waals surface area contributed by atoms with E-state index in [1.54, 1.807) is 11.9 Å². The molecule has 2 N–H and O–H groups in total. The number of benzene rings is 1. The van der Waals surface area contributed by atoms with Gasteiger partial charge in [0, 0.05) is 30.6 Å². The summed E-state index contributed by atoms with van der Waals surface area (Å²) >= 11 is 1.79. The zero-order chi connectivity index (χ0) is 16.9. The quantitative estimate of drug-likeness (QED) is 0.811. The number of hydrogen-bond donors (Lipinski definition) is 2. The lowest BCUT2D eigenvalue weighted by atomic mass is 10.1. The lowest BCUT2D eigenvalue weighted by molar-refractivity contribution is -0.137. The van der Waals surface area contributed by atoms with Crippen molar-refractivity contribution in [2.24, 2.45) is 0 Å². The summed E-state index contributed by atoms with van der Waals surface area (Å²) in [6.07, 6.45) is -2.63. The Morgan fingerprint density at radius 2 is 1.87 bits per heavy atom. The van der Waals surface area contributed by atoms with E-state index in [-0.39, 0.29) is 12.1 Å². The Kier molecular flexibility index (Phi) is 6.17. The highest BCUT2D eigenvalue weighted by molar-refractivity contribution is 7.96. The van der Waals surface area contributed by atoms with Gasteiger partial charge in [-0.15, -0.1) is 0 Å². The molecule has 4 nitrogen and oxygen atoms in total. The van der Waals surface area contributed by atoms with Crippen molar-refractivity contribution in [1.29, 1.82) is 0 Å². The molecule has 1 aliphatic heterocycles. The van der Waals surface area contributed by atoms with E-state index >= 15 is 0 Å². The number of halogens is 3. The Morgan fingerprint density at radius 1 is 1.26 bits per heavy atom. The van der Waals surface area contributed by atoms with Crippen LogP contribution in [0.3, 0.4) is 0 Å². The van der Waals surface area contributed by atoms with Gasteiger partial charge in [0.15, 0.2) is 0 Å². The molecule has 1 aliphatic rings. The summed E-state index contributed by atoms with van der Waals surface area (Å²) in [5.74, 6) is 1.03. The minimum Gasteiger partial charge on any atom is -0.335 e. The Morgan fingerprint density at radius 3 is 2.39 bits per heavy atom. The first-order valence-electron chi connectivity index (χ1n) is 7.51. The van der Waals surface area contributed by atoms with E-state index in [4.69, 9.17) is 0 Å². The van der Waals surface area contributed by atoms with Crippen molar-refractivity contribution >= 4 is 23.7 Å². The third-order valence-corrected chi connectivity index (χ3v) is 4.56. The number of carbonyl (C=O) groups excluding carboxylic acids is 1. The highest BCUT2D eigenvalue weighted by Gasteiger charge is 2.30. The zero-order valence-electron chi connectivity index (χ0n) is 12.8. The average Bonchev–Trinajstić information content (AvgIpc) is 2.49. The van der Waals surface area contributed by atoms with Crippen LogP contribution < -0.4 is 10.6 Å². The Balaban J connectivity index is 1.79. The molecule has 0 atom stereocenters. The number of urea groups is 1. The number of carbonyl (C=O) groups is 1. The first-order valence-corrected chi connectivity index (χ1v) is 8.45. The molecule has 0 unspecified atom stereocenters. The molecule has 1 fully saturated rings. The molecule has 0 radical (unpaired) electrons. The molecular weight excluding hydrogens is 327 g/mol. The van der Waals surface area contributed by atoms with Crippen LogP contribution in [0.4, 0.5) is 23.7 Å². The molecule has 23 heavy (non-hydrogen) atoms. The van der Waals surface area contributed by atoms with E-state index in [9.17, 15) is 18.0 Å². The topological polar surface area (TPSA) is 44.4 Å². The molecular formula is C15H20F3N3OS. The monoisotopic (exact) mass is 347 g/mol. The summed E-state index contributed by atoms with van der Waals surface area (Å²) < 4.78 is 39.7. The highest BCUT2D eigenvalue weighted by Crippen LogP contribution is 2.29. The van der Waals surface area contributed by atoms with E-state index in [1.807, 2.05) is 0 Å². The summed E-state index contributed by atoms with van der Waals surface area (Å²) in [7, 11) is 0. The number of rotatable bonds is 4. The van der Waals surface area contributed by atoms with Crippen molar-refractivity contribution < 1.29 is 18.0 Å². The predicted octanol–water partition coefficient (Wildman–Crippen LogP) is 3.96. The van der Waals surface area contributed by atoms with E-state index in [0.717, 1.165) is 43.8 Å². The molecule has 1 aromatic carbocycles. The summed E-state index contributed by atoms with van der Waals surface area (Å²) in [5.41, 5.74) is -0.390. The Labute approximate surface area is 137 Å². The van der Waals surface area contributed by atoms with Crippen LogP contribution in [-0.4, -0.2) is 35.2 Å². The normalized spacial score (nSPS) is 17.0. The molecule has 0 saturated carbocycles. The first kappa shape index (κ1) is 17.9. The maximum atomic E-state index is 12.5. The molecule has 0 aromatic heterocycles. The lowest BCUT2D eigenvalue weighted by Gasteiger charge is -2.31. The number of piperidine rings is 1. The van der Waals surface area contributed by atoms with E-state index in [1.165, 1.54) is 12.1 Å². The fraction of sp³-hybridized carbons (Fsp3) is 0.533. The van der Waals surface area contributed by atoms with Crippen LogP contribution in [-0.2, 0) is 6.18 Å². The minimum atomic E-state index is -4.37. The first-order chi connectivity index (χ1) is 10.9. The Bertz CT molecular complexity index is 514. The van der Waals surface area contributed by atoms with Crippen molar-refractivity contribution in [2.75, 3.05) is 24.2 Å². The minimum absolute atomic E-state index is 0.0955. The summed E-state index contributed by atoms with van der Waals surface area (Å²) in [6.45, 7) is 3.94. The molecule has 1 heterocycles. The zero-order valence-corrected chi connectivity index (χ0v) is 13.6. The van der Waals surface area contributed by atoms with Crippen LogP contribution in [0.15, 0.2) is 24.3 Å². The van der Waals surface area contributed by atoms with Gasteiger partial charge in [-0.25, -0.2) is 4.79 Å². The predicted molar refractivity (Wildman–Crippen MR) is 86.3 cm³/mol. The molecule has 2 amide bonds. The van der Waals surface area contributed by atoms with Crippen molar-refractivity contribution in [3.8, 4) is 0 Å². The molecule has 1 aromatic rings. The van der Waals surface area contributed by atoms with Gasteiger partial charge in [-0.05, 0) is 37.1 Å². The second-order valence-corrected chi connectivity index (χ2v) is 6.65. The molecule has 0 aliphatic carbocycles. The van der Waals surface area contributed by atoms with Crippen molar-refractivity contribution in [3.05, 3.63) is 29.8 Å². The number of nitrogens with zero attached hydrogens (tertiary/aromatic N) is 1. The largest absolute Gasteiger partial charge is 0.416 e. The highest BCUT2D eigenvalue weighted by atomic mass is 32.2. The second kappa shape index (κ2) is 7.92. The third kappa shape index (κ3) is 5.62. The second-order valence-electron chi connectivity index (χ2n) is 5.29. The number of amides is 2. The van der Waals surface area contributed by atoms with Crippen molar-refractivity contribution in [2.45, 2.75) is 32.0 Å². The third-order valence-electron chi connectivity index (χ3n) is 3.57. The number of hydrogen-bond acceptors (Lipinski definition) is 3. The maximum Gasteiger partial charge on any atom is 0.416 e. The van der Waals surface area contributed by atoms with Gasteiger partial charge in [0.1, 0.15) is 0 Å². The van der Waals surface area contributed by atoms with Gasteiger partial charge in [0.2, 0.25) is 0 Å². The van der Waals surface area contributed by atoms with Gasteiger partial charge in [-0.1, -0.05) is 18.9 Å². The number of anilines is 1. The van der Waals surface area contributed by atoms with Crippen molar-refractivity contribution in [1.82, 2.24) is 9.62 Å². The average molecular weight is 347 g/mol. The summed E-state index contributed by atoms with van der Waals surface area (Å²) in [5, 5.41) is 5.43. The van der Waals surface area contributed by atoms with E-state index < -0.39 is 11.7 Å². The van der Waals surface area contributed by atoms with Gasteiger partial charge in [-0.2, -0.15) is 13.2 Å². The van der Waals surface area contributed by atoms with Gasteiger partial charge < -0.3 is 10.6 Å². The molecule has 0 bridgehead atoms. The van der Waals surface area contributed by atoms with Crippen LogP contribution in [0.1, 0.15) is 25.3 Å². The fourth-order valence-corrected chi connectivity index (χ4v) is 3.24.